The van der Waals surface area contributed by atoms with Gasteiger partial charge < -0.3 is 10.5 Å². The maximum Gasteiger partial charge on any atom is 0.131 e. The molecule has 2 aromatic rings. The highest BCUT2D eigenvalue weighted by atomic mass is 35.5. The Morgan fingerprint density at radius 3 is 2.80 bits per heavy atom. The number of hydrogen-bond donors (Lipinski definition) is 1. The molecule has 0 bridgehead atoms. The largest absolute Gasteiger partial charge is 0.488 e. The van der Waals surface area contributed by atoms with Crippen LogP contribution in [0.5, 0.6) is 5.75 Å². The molecular formula is C16H15ClFNO. The van der Waals surface area contributed by atoms with E-state index in [0.29, 0.717) is 22.9 Å². The van der Waals surface area contributed by atoms with E-state index in [0.717, 1.165) is 24.0 Å². The van der Waals surface area contributed by atoms with Gasteiger partial charge in [0.05, 0.1) is 0 Å². The van der Waals surface area contributed by atoms with Crippen molar-refractivity contribution in [1.29, 1.82) is 0 Å². The minimum Gasteiger partial charge on any atom is -0.488 e. The molecule has 2 aromatic carbocycles. The van der Waals surface area contributed by atoms with Crippen molar-refractivity contribution in [3.05, 3.63) is 52.8 Å². The van der Waals surface area contributed by atoms with Crippen LogP contribution >= 0.6 is 11.6 Å². The molecule has 2 N–H and O–H groups in total. The van der Waals surface area contributed by atoms with Crippen LogP contribution in [0.1, 0.15) is 12.0 Å². The first-order valence-corrected chi connectivity index (χ1v) is 7.01. The topological polar surface area (TPSA) is 35.2 Å². The minimum absolute atomic E-state index is 0.0193. The number of halogens is 2. The number of rotatable bonds is 2. The van der Waals surface area contributed by atoms with E-state index in [1.54, 1.807) is 6.07 Å². The van der Waals surface area contributed by atoms with Crippen LogP contribution in [0.4, 0.5) is 4.39 Å². The lowest BCUT2D eigenvalue weighted by Crippen LogP contribution is -2.30. The summed E-state index contributed by atoms with van der Waals surface area (Å²) in [4.78, 5) is 0. The Hall–Kier alpha value is -1.58. The SMILES string of the molecule is NCC1CCc2cc(F)cc(-c3ccccc3Cl)c2O1. The van der Waals surface area contributed by atoms with Gasteiger partial charge in [0, 0.05) is 22.7 Å². The molecule has 1 atom stereocenters. The van der Waals surface area contributed by atoms with Gasteiger partial charge in [-0.1, -0.05) is 29.8 Å². The summed E-state index contributed by atoms with van der Waals surface area (Å²) in [5.41, 5.74) is 8.04. The molecule has 1 aliphatic rings. The fourth-order valence-corrected chi connectivity index (χ4v) is 2.80. The van der Waals surface area contributed by atoms with Crippen molar-refractivity contribution in [1.82, 2.24) is 0 Å². The number of benzene rings is 2. The van der Waals surface area contributed by atoms with Crippen molar-refractivity contribution in [2.24, 2.45) is 5.73 Å². The number of hydrogen-bond acceptors (Lipinski definition) is 2. The first-order valence-electron chi connectivity index (χ1n) is 6.63. The second-order valence-electron chi connectivity index (χ2n) is 4.94. The Labute approximate surface area is 122 Å². The third kappa shape index (κ3) is 2.39. The minimum atomic E-state index is -0.270. The molecule has 3 rings (SSSR count). The van der Waals surface area contributed by atoms with E-state index in [-0.39, 0.29) is 11.9 Å². The van der Waals surface area contributed by atoms with Crippen molar-refractivity contribution >= 4 is 11.6 Å². The molecule has 0 saturated heterocycles. The lowest BCUT2D eigenvalue weighted by atomic mass is 9.95. The van der Waals surface area contributed by atoms with Gasteiger partial charge in [-0.05, 0) is 36.6 Å². The van der Waals surface area contributed by atoms with Crippen LogP contribution in [0.3, 0.4) is 0 Å². The van der Waals surface area contributed by atoms with E-state index >= 15 is 0 Å². The fourth-order valence-electron chi connectivity index (χ4n) is 2.56. The Kier molecular flexibility index (Phi) is 3.64. The lowest BCUT2D eigenvalue weighted by molar-refractivity contribution is 0.182. The first-order chi connectivity index (χ1) is 9.69. The fraction of sp³-hybridized carbons (Fsp3) is 0.250. The normalized spacial score (nSPS) is 17.4. The van der Waals surface area contributed by atoms with Gasteiger partial charge in [-0.3, -0.25) is 0 Å². The van der Waals surface area contributed by atoms with E-state index in [2.05, 4.69) is 0 Å². The second kappa shape index (κ2) is 5.43. The Morgan fingerprint density at radius 2 is 2.05 bits per heavy atom. The predicted molar refractivity (Wildman–Crippen MR) is 78.6 cm³/mol. The predicted octanol–water partition coefficient (Wildman–Crippen LogP) is 3.80. The van der Waals surface area contributed by atoms with Crippen molar-refractivity contribution in [2.45, 2.75) is 18.9 Å². The van der Waals surface area contributed by atoms with E-state index in [1.807, 2.05) is 18.2 Å². The number of nitrogens with two attached hydrogens (primary N) is 1. The molecule has 0 aromatic heterocycles. The molecule has 0 saturated carbocycles. The maximum atomic E-state index is 13.8. The van der Waals surface area contributed by atoms with Crippen LogP contribution < -0.4 is 10.5 Å². The van der Waals surface area contributed by atoms with Gasteiger partial charge in [0.15, 0.2) is 0 Å². The van der Waals surface area contributed by atoms with Gasteiger partial charge in [0.25, 0.3) is 0 Å². The average Bonchev–Trinajstić information content (AvgIpc) is 2.46. The zero-order valence-corrected chi connectivity index (χ0v) is 11.7. The number of fused-ring (bicyclic) bond motifs is 1. The summed E-state index contributed by atoms with van der Waals surface area (Å²) in [6.07, 6.45) is 1.57. The third-order valence-electron chi connectivity index (χ3n) is 3.58. The zero-order chi connectivity index (χ0) is 14.1. The molecule has 0 amide bonds. The van der Waals surface area contributed by atoms with Crippen molar-refractivity contribution in [3.63, 3.8) is 0 Å². The summed E-state index contributed by atoms with van der Waals surface area (Å²) in [7, 11) is 0. The Bertz CT molecular complexity index is 644. The smallest absolute Gasteiger partial charge is 0.131 e. The summed E-state index contributed by atoms with van der Waals surface area (Å²) in [5.74, 6) is 0.440. The van der Waals surface area contributed by atoms with Crippen molar-refractivity contribution in [3.8, 4) is 16.9 Å². The van der Waals surface area contributed by atoms with E-state index in [1.165, 1.54) is 12.1 Å². The number of aryl methyl sites for hydroxylation is 1. The van der Waals surface area contributed by atoms with Gasteiger partial charge in [0.2, 0.25) is 0 Å². The van der Waals surface area contributed by atoms with Crippen molar-refractivity contribution in [2.75, 3.05) is 6.54 Å². The maximum absolute atomic E-state index is 13.8. The molecule has 4 heteroatoms. The Morgan fingerprint density at radius 1 is 1.25 bits per heavy atom. The van der Waals surface area contributed by atoms with Gasteiger partial charge in [-0.2, -0.15) is 0 Å². The zero-order valence-electron chi connectivity index (χ0n) is 10.9. The molecule has 0 aliphatic carbocycles. The highest BCUT2D eigenvalue weighted by molar-refractivity contribution is 6.33. The highest BCUT2D eigenvalue weighted by Gasteiger charge is 2.23. The molecule has 2 nitrogen and oxygen atoms in total. The first kappa shape index (κ1) is 13.4. The quantitative estimate of drug-likeness (QED) is 0.913. The van der Waals surface area contributed by atoms with Crippen LogP contribution in [-0.4, -0.2) is 12.6 Å². The monoisotopic (exact) mass is 291 g/mol. The molecule has 104 valence electrons. The van der Waals surface area contributed by atoms with Crippen LogP contribution in [0.2, 0.25) is 5.02 Å². The summed E-state index contributed by atoms with van der Waals surface area (Å²) in [5, 5.41) is 0.582. The number of ether oxygens (including phenoxy) is 1. The summed E-state index contributed by atoms with van der Waals surface area (Å²) >= 11 is 6.22. The van der Waals surface area contributed by atoms with Gasteiger partial charge >= 0.3 is 0 Å². The third-order valence-corrected chi connectivity index (χ3v) is 3.91. The van der Waals surface area contributed by atoms with Crippen LogP contribution in [-0.2, 0) is 6.42 Å². The summed E-state index contributed by atoms with van der Waals surface area (Å²) < 4.78 is 19.8. The van der Waals surface area contributed by atoms with Crippen LogP contribution in [0.15, 0.2) is 36.4 Å². The molecule has 1 unspecified atom stereocenters. The van der Waals surface area contributed by atoms with E-state index in [9.17, 15) is 4.39 Å². The molecule has 0 radical (unpaired) electrons. The van der Waals surface area contributed by atoms with Crippen molar-refractivity contribution < 1.29 is 9.13 Å². The summed E-state index contributed by atoms with van der Waals surface area (Å²) in [6, 6.07) is 10.4. The molecule has 0 spiro atoms. The molecule has 1 aliphatic heterocycles. The average molecular weight is 292 g/mol. The molecule has 1 heterocycles. The van der Waals surface area contributed by atoms with E-state index in [4.69, 9.17) is 22.1 Å². The molecular weight excluding hydrogens is 277 g/mol. The lowest BCUT2D eigenvalue weighted by Gasteiger charge is -2.27. The van der Waals surface area contributed by atoms with Gasteiger partial charge in [-0.15, -0.1) is 0 Å². The summed E-state index contributed by atoms with van der Waals surface area (Å²) in [6.45, 7) is 0.457. The van der Waals surface area contributed by atoms with E-state index < -0.39 is 0 Å². The molecule has 20 heavy (non-hydrogen) atoms. The second-order valence-corrected chi connectivity index (χ2v) is 5.34. The van der Waals surface area contributed by atoms with Gasteiger partial charge in [0.1, 0.15) is 17.7 Å². The van der Waals surface area contributed by atoms with Gasteiger partial charge in [-0.25, -0.2) is 4.39 Å². The van der Waals surface area contributed by atoms with Crippen LogP contribution in [0, 0.1) is 5.82 Å². The standard InChI is InChI=1S/C16H15ClFNO/c17-15-4-2-1-3-13(15)14-8-11(18)7-10-5-6-12(9-19)20-16(10)14/h1-4,7-8,12H,5-6,9,19H2. The van der Waals surface area contributed by atoms with Crippen LogP contribution in [0.25, 0.3) is 11.1 Å². The Balaban J connectivity index is 2.16. The highest BCUT2D eigenvalue weighted by Crippen LogP contribution is 2.40. The molecule has 0 fully saturated rings.